The van der Waals surface area contributed by atoms with E-state index in [4.69, 9.17) is 4.74 Å². The first kappa shape index (κ1) is 14.0. The van der Waals surface area contributed by atoms with Crippen LogP contribution in [0.2, 0.25) is 0 Å². The third kappa shape index (κ3) is 5.17. The van der Waals surface area contributed by atoms with E-state index >= 15 is 0 Å². The number of rotatable bonds is 4. The van der Waals surface area contributed by atoms with Gasteiger partial charge in [0.15, 0.2) is 0 Å². The van der Waals surface area contributed by atoms with Gasteiger partial charge in [0.1, 0.15) is 6.61 Å². The highest BCUT2D eigenvalue weighted by molar-refractivity contribution is 5.77. The van der Waals surface area contributed by atoms with Gasteiger partial charge >= 0.3 is 0 Å². The molecule has 1 fully saturated rings. The van der Waals surface area contributed by atoms with Crippen LogP contribution < -0.4 is 5.32 Å². The Hall–Kier alpha value is -1.10. The molecule has 0 aromatic carbocycles. The molecule has 0 saturated carbocycles. The molecule has 0 aliphatic carbocycles. The Morgan fingerprint density at radius 2 is 1.94 bits per heavy atom. The van der Waals surface area contributed by atoms with Crippen molar-refractivity contribution in [1.29, 1.82) is 0 Å². The lowest BCUT2D eigenvalue weighted by Gasteiger charge is -2.31. The van der Waals surface area contributed by atoms with Crippen LogP contribution in [0.25, 0.3) is 0 Å². The third-order valence-corrected chi connectivity index (χ3v) is 2.85. The smallest absolute Gasteiger partial charge is 0.246 e. The van der Waals surface area contributed by atoms with Crippen LogP contribution in [0.4, 0.5) is 0 Å². The van der Waals surface area contributed by atoms with Gasteiger partial charge in [-0.15, -0.1) is 0 Å². The number of nitrogens with one attached hydrogen (secondary N) is 1. The second-order valence-electron chi connectivity index (χ2n) is 4.71. The number of amides is 2. The van der Waals surface area contributed by atoms with Crippen molar-refractivity contribution in [2.24, 2.45) is 0 Å². The van der Waals surface area contributed by atoms with Crippen LogP contribution in [0.5, 0.6) is 0 Å². The third-order valence-electron chi connectivity index (χ3n) is 2.85. The molecule has 0 aromatic heterocycles. The number of carbonyl (C=O) groups excluding carboxylic acids is 2. The minimum absolute atomic E-state index is 0.0695. The highest BCUT2D eigenvalue weighted by Crippen LogP contribution is 2.10. The van der Waals surface area contributed by atoms with Crippen molar-refractivity contribution in [3.05, 3.63) is 0 Å². The van der Waals surface area contributed by atoms with Crippen molar-refractivity contribution in [2.75, 3.05) is 19.7 Å². The van der Waals surface area contributed by atoms with Crippen LogP contribution in [0, 0.1) is 0 Å². The van der Waals surface area contributed by atoms with E-state index in [1.54, 1.807) is 6.92 Å². The maximum atomic E-state index is 11.5. The van der Waals surface area contributed by atoms with Gasteiger partial charge in [-0.1, -0.05) is 0 Å². The molecule has 1 aliphatic heterocycles. The number of nitrogens with zero attached hydrogens (tertiary/aromatic N) is 1. The van der Waals surface area contributed by atoms with Gasteiger partial charge in [-0.25, -0.2) is 0 Å². The minimum Gasteiger partial charge on any atom is -0.369 e. The second kappa shape index (κ2) is 6.59. The number of piperidine rings is 1. The summed E-state index contributed by atoms with van der Waals surface area (Å²) in [5, 5.41) is 2.93. The molecule has 1 saturated heterocycles. The second-order valence-corrected chi connectivity index (χ2v) is 4.71. The molecule has 17 heavy (non-hydrogen) atoms. The molecule has 1 N–H and O–H groups in total. The summed E-state index contributed by atoms with van der Waals surface area (Å²) >= 11 is 0. The van der Waals surface area contributed by atoms with Crippen molar-refractivity contribution in [3.63, 3.8) is 0 Å². The lowest BCUT2D eigenvalue weighted by molar-refractivity contribution is -0.130. The Balaban J connectivity index is 2.21. The molecule has 5 heteroatoms. The maximum absolute atomic E-state index is 11.5. The Morgan fingerprint density at radius 1 is 1.35 bits per heavy atom. The van der Waals surface area contributed by atoms with Gasteiger partial charge in [0.25, 0.3) is 0 Å². The van der Waals surface area contributed by atoms with E-state index in [9.17, 15) is 9.59 Å². The van der Waals surface area contributed by atoms with Crippen molar-refractivity contribution < 1.29 is 14.3 Å². The maximum Gasteiger partial charge on any atom is 0.246 e. The molecule has 5 nitrogen and oxygen atoms in total. The van der Waals surface area contributed by atoms with Crippen LogP contribution in [0.3, 0.4) is 0 Å². The summed E-state index contributed by atoms with van der Waals surface area (Å²) in [5.41, 5.74) is 0. The van der Waals surface area contributed by atoms with E-state index < -0.39 is 0 Å². The SMILES string of the molecule is CC(=O)N1CCC(NC(=O)COC(C)C)CC1. The normalized spacial score (nSPS) is 17.3. The van der Waals surface area contributed by atoms with E-state index in [1.807, 2.05) is 18.7 Å². The lowest BCUT2D eigenvalue weighted by Crippen LogP contribution is -2.46. The minimum atomic E-state index is -0.0695. The Kier molecular flexibility index (Phi) is 5.41. The number of carbonyl (C=O) groups is 2. The number of hydrogen-bond donors (Lipinski definition) is 1. The Morgan fingerprint density at radius 3 is 2.41 bits per heavy atom. The summed E-state index contributed by atoms with van der Waals surface area (Å²) in [6.07, 6.45) is 1.72. The summed E-state index contributed by atoms with van der Waals surface area (Å²) < 4.78 is 5.23. The van der Waals surface area contributed by atoms with Gasteiger partial charge in [-0.2, -0.15) is 0 Å². The molecule has 0 spiro atoms. The summed E-state index contributed by atoms with van der Waals surface area (Å²) in [7, 11) is 0. The molecule has 98 valence electrons. The fraction of sp³-hybridized carbons (Fsp3) is 0.833. The topological polar surface area (TPSA) is 58.6 Å². The predicted octanol–water partition coefficient (Wildman–Crippen LogP) is 0.539. The van der Waals surface area contributed by atoms with Crippen LogP contribution >= 0.6 is 0 Å². The average Bonchev–Trinajstić information content (AvgIpc) is 2.27. The zero-order chi connectivity index (χ0) is 12.8. The summed E-state index contributed by atoms with van der Waals surface area (Å²) in [6.45, 7) is 6.95. The molecule has 0 aromatic rings. The molecule has 1 aliphatic rings. The predicted molar refractivity (Wildman–Crippen MR) is 64.5 cm³/mol. The van der Waals surface area contributed by atoms with Crippen LogP contribution in [-0.4, -0.2) is 48.6 Å². The van der Waals surface area contributed by atoms with E-state index in [-0.39, 0.29) is 30.6 Å². The van der Waals surface area contributed by atoms with Gasteiger partial charge in [-0.05, 0) is 26.7 Å². The van der Waals surface area contributed by atoms with E-state index in [0.29, 0.717) is 0 Å². The quantitative estimate of drug-likeness (QED) is 0.782. The van der Waals surface area contributed by atoms with E-state index in [1.165, 1.54) is 0 Å². The van der Waals surface area contributed by atoms with Crippen molar-refractivity contribution >= 4 is 11.8 Å². The van der Waals surface area contributed by atoms with Crippen LogP contribution in [0.1, 0.15) is 33.6 Å². The molecule has 0 atom stereocenters. The van der Waals surface area contributed by atoms with Gasteiger partial charge < -0.3 is 15.0 Å². The molecule has 2 amide bonds. The standard InChI is InChI=1S/C12H22N2O3/c1-9(2)17-8-12(16)13-11-4-6-14(7-5-11)10(3)15/h9,11H,4-8H2,1-3H3,(H,13,16). The Labute approximate surface area is 102 Å². The Bertz CT molecular complexity index is 271. The van der Waals surface area contributed by atoms with Crippen molar-refractivity contribution in [1.82, 2.24) is 10.2 Å². The fourth-order valence-corrected chi connectivity index (χ4v) is 1.85. The molecule has 0 unspecified atom stereocenters. The number of hydrogen-bond acceptors (Lipinski definition) is 3. The van der Waals surface area contributed by atoms with E-state index in [0.717, 1.165) is 25.9 Å². The van der Waals surface area contributed by atoms with Crippen LogP contribution in [-0.2, 0) is 14.3 Å². The number of likely N-dealkylation sites (tertiary alicyclic amines) is 1. The van der Waals surface area contributed by atoms with Gasteiger partial charge in [0.2, 0.25) is 11.8 Å². The molecule has 0 radical (unpaired) electrons. The van der Waals surface area contributed by atoms with Gasteiger partial charge in [-0.3, -0.25) is 9.59 Å². The molecular formula is C12H22N2O3. The zero-order valence-electron chi connectivity index (χ0n) is 10.9. The fourth-order valence-electron chi connectivity index (χ4n) is 1.85. The lowest BCUT2D eigenvalue weighted by atomic mass is 10.1. The average molecular weight is 242 g/mol. The highest BCUT2D eigenvalue weighted by Gasteiger charge is 2.21. The van der Waals surface area contributed by atoms with E-state index in [2.05, 4.69) is 5.32 Å². The van der Waals surface area contributed by atoms with Gasteiger partial charge in [0, 0.05) is 26.1 Å². The molecular weight excluding hydrogens is 220 g/mol. The van der Waals surface area contributed by atoms with Crippen molar-refractivity contribution in [2.45, 2.75) is 45.8 Å². The monoisotopic (exact) mass is 242 g/mol. The molecule has 1 heterocycles. The number of ether oxygens (including phenoxy) is 1. The summed E-state index contributed by atoms with van der Waals surface area (Å²) in [5.74, 6) is 0.0397. The van der Waals surface area contributed by atoms with Crippen molar-refractivity contribution in [3.8, 4) is 0 Å². The summed E-state index contributed by atoms with van der Waals surface area (Å²) in [4.78, 5) is 24.5. The first-order chi connectivity index (χ1) is 7.99. The zero-order valence-corrected chi connectivity index (χ0v) is 10.9. The highest BCUT2D eigenvalue weighted by atomic mass is 16.5. The largest absolute Gasteiger partial charge is 0.369 e. The summed E-state index contributed by atoms with van der Waals surface area (Å²) in [6, 6.07) is 0.175. The van der Waals surface area contributed by atoms with Gasteiger partial charge in [0.05, 0.1) is 6.10 Å². The first-order valence-corrected chi connectivity index (χ1v) is 6.15. The molecule has 1 rings (SSSR count). The molecule has 0 bridgehead atoms. The van der Waals surface area contributed by atoms with Crippen LogP contribution in [0.15, 0.2) is 0 Å². The first-order valence-electron chi connectivity index (χ1n) is 6.15.